The molecule has 4 aliphatic rings. The van der Waals surface area contributed by atoms with E-state index in [2.05, 4.69) is 45.1 Å². The lowest BCUT2D eigenvalue weighted by molar-refractivity contribution is 0.0239. The van der Waals surface area contributed by atoms with Gasteiger partial charge in [0.05, 0.1) is 27.9 Å². The van der Waals surface area contributed by atoms with Gasteiger partial charge in [-0.25, -0.2) is 14.2 Å². The third-order valence-corrected chi connectivity index (χ3v) is 8.46. The van der Waals surface area contributed by atoms with Crippen LogP contribution in [-0.2, 0) is 4.74 Å². The highest BCUT2D eigenvalue weighted by molar-refractivity contribution is 9.10. The van der Waals surface area contributed by atoms with Crippen molar-refractivity contribution in [2.24, 2.45) is 5.92 Å². The van der Waals surface area contributed by atoms with Crippen LogP contribution in [0.3, 0.4) is 0 Å². The number of nitrogen functional groups attached to an aromatic ring is 1. The van der Waals surface area contributed by atoms with Crippen LogP contribution in [-0.4, -0.2) is 78.3 Å². The molecule has 1 saturated carbocycles. The Hall–Kier alpha value is -2.33. The van der Waals surface area contributed by atoms with Gasteiger partial charge in [-0.2, -0.15) is 0 Å². The number of pyridine rings is 1. The lowest BCUT2D eigenvalue weighted by Gasteiger charge is -2.44. The Labute approximate surface area is 214 Å². The fourth-order valence-electron chi connectivity index (χ4n) is 5.35. The Morgan fingerprint density at radius 1 is 1.31 bits per heavy atom. The van der Waals surface area contributed by atoms with Gasteiger partial charge in [-0.3, -0.25) is 0 Å². The number of carbonyl (C=O) groups is 1. The van der Waals surface area contributed by atoms with Crippen LogP contribution < -0.4 is 16.0 Å². The van der Waals surface area contributed by atoms with E-state index in [4.69, 9.17) is 15.5 Å². The van der Waals surface area contributed by atoms with Crippen LogP contribution in [0.5, 0.6) is 0 Å². The molecule has 3 aliphatic heterocycles. The monoisotopic (exact) mass is 548 g/mol. The maximum atomic E-state index is 15.4. The molecule has 1 aromatic heterocycles. The highest BCUT2D eigenvalue weighted by Gasteiger charge is 2.55. The van der Waals surface area contributed by atoms with Crippen LogP contribution in [0.25, 0.3) is 10.9 Å². The second kappa shape index (κ2) is 8.37. The first kappa shape index (κ1) is 24.4. The maximum absolute atomic E-state index is 15.4. The Kier molecular flexibility index (Phi) is 5.83. The second-order valence-corrected chi connectivity index (χ2v) is 12.1. The summed E-state index contributed by atoms with van der Waals surface area (Å²) in [5, 5.41) is 4.27. The summed E-state index contributed by atoms with van der Waals surface area (Å²) in [5.74, 6) is 0.506. The average Bonchev–Trinajstić information content (AvgIpc) is 3.30. The molecule has 3 unspecified atom stereocenters. The predicted molar refractivity (Wildman–Crippen MR) is 140 cm³/mol. The van der Waals surface area contributed by atoms with Gasteiger partial charge >= 0.3 is 6.09 Å². The van der Waals surface area contributed by atoms with E-state index in [0.717, 1.165) is 25.1 Å². The van der Waals surface area contributed by atoms with Crippen molar-refractivity contribution < 1.29 is 13.9 Å². The summed E-state index contributed by atoms with van der Waals surface area (Å²) in [6.45, 7) is 9.68. The number of nitrogens with two attached hydrogens (primary N) is 1. The zero-order valence-electron chi connectivity index (χ0n) is 21.2. The van der Waals surface area contributed by atoms with Crippen molar-refractivity contribution in [2.45, 2.75) is 57.8 Å². The first-order valence-corrected chi connectivity index (χ1v) is 12.9. The van der Waals surface area contributed by atoms with Gasteiger partial charge in [0, 0.05) is 37.0 Å². The summed E-state index contributed by atoms with van der Waals surface area (Å²) in [7, 11) is 4.10. The number of anilines is 3. The molecule has 3 N–H and O–H groups in total. The quantitative estimate of drug-likeness (QED) is 0.592. The van der Waals surface area contributed by atoms with Crippen molar-refractivity contribution in [1.29, 1.82) is 0 Å². The van der Waals surface area contributed by atoms with E-state index >= 15 is 4.39 Å². The summed E-state index contributed by atoms with van der Waals surface area (Å²) in [6.07, 6.45) is 0.631. The van der Waals surface area contributed by atoms with E-state index in [0.29, 0.717) is 45.6 Å². The lowest BCUT2D eigenvalue weighted by Crippen LogP contribution is -2.58. The number of nitrogens with zero attached hydrogens (tertiary/aromatic N) is 4. The van der Waals surface area contributed by atoms with Crippen LogP contribution in [0, 0.1) is 18.7 Å². The van der Waals surface area contributed by atoms with Crippen molar-refractivity contribution in [2.75, 3.05) is 49.7 Å². The van der Waals surface area contributed by atoms with E-state index in [-0.39, 0.29) is 29.5 Å². The van der Waals surface area contributed by atoms with Gasteiger partial charge in [0.1, 0.15) is 11.1 Å². The van der Waals surface area contributed by atoms with Crippen molar-refractivity contribution in [3.05, 3.63) is 21.9 Å². The molecule has 190 valence electrons. The summed E-state index contributed by atoms with van der Waals surface area (Å²) >= 11 is 3.37. The van der Waals surface area contributed by atoms with Crippen LogP contribution in [0.4, 0.5) is 26.4 Å². The predicted octanol–water partition coefficient (Wildman–Crippen LogP) is 4.20. The number of ether oxygens (including phenoxy) is 1. The van der Waals surface area contributed by atoms with E-state index in [1.165, 1.54) is 0 Å². The fraction of sp³-hybridized carbons (Fsp3) is 0.600. The van der Waals surface area contributed by atoms with E-state index < -0.39 is 5.60 Å². The molecule has 35 heavy (non-hydrogen) atoms. The first-order valence-electron chi connectivity index (χ1n) is 12.1. The molecule has 0 radical (unpaired) electrons. The molecule has 4 fully saturated rings. The third kappa shape index (κ3) is 4.08. The number of hydrogen-bond acceptors (Lipinski definition) is 7. The van der Waals surface area contributed by atoms with E-state index in [1.807, 2.05) is 38.7 Å². The van der Waals surface area contributed by atoms with E-state index in [1.54, 1.807) is 0 Å². The molecule has 1 aromatic carbocycles. The SMILES string of the molecule is Cc1cc2c(NC3C4CC3N(C(=O)OC(C)(C)C)C4)c(N)c(N3CC(N(C)C)C3)nc2c(F)c1Br. The number of carbonyl (C=O) groups excluding carboxylic acids is 1. The smallest absolute Gasteiger partial charge is 0.410 e. The number of benzene rings is 1. The van der Waals surface area contributed by atoms with E-state index in [9.17, 15) is 4.79 Å². The van der Waals surface area contributed by atoms with Crippen LogP contribution in [0.1, 0.15) is 32.8 Å². The van der Waals surface area contributed by atoms with Gasteiger partial charge in [0.2, 0.25) is 0 Å². The zero-order valence-corrected chi connectivity index (χ0v) is 22.7. The fourth-order valence-corrected chi connectivity index (χ4v) is 5.65. The number of aromatic nitrogens is 1. The number of hydrogen-bond donors (Lipinski definition) is 2. The number of aryl methyl sites for hydroxylation is 1. The maximum Gasteiger partial charge on any atom is 0.410 e. The molecule has 10 heteroatoms. The van der Waals surface area contributed by atoms with Crippen LogP contribution >= 0.6 is 15.9 Å². The number of nitrogens with one attached hydrogen (secondary N) is 1. The standard InChI is InChI=1S/C25H34BrFN6O2/c1-12-7-15-21(18(27)17(12)26)30-23(32-10-14(11-32)31(5)6)19(28)22(15)29-20-13-8-16(20)33(9-13)24(34)35-25(2,3)4/h7,13-14,16,20H,8-11,28H2,1-6H3,(H,29,30). The molecule has 6 rings (SSSR count). The molecule has 3 saturated heterocycles. The van der Waals surface area contributed by atoms with Gasteiger partial charge in [-0.05, 0) is 75.8 Å². The van der Waals surface area contributed by atoms with Crippen LogP contribution in [0.15, 0.2) is 10.5 Å². The summed E-state index contributed by atoms with van der Waals surface area (Å²) in [4.78, 5) is 23.5. The second-order valence-electron chi connectivity index (χ2n) is 11.3. The molecule has 0 spiro atoms. The third-order valence-electron chi connectivity index (χ3n) is 7.49. The zero-order chi connectivity index (χ0) is 25.4. The van der Waals surface area contributed by atoms with Gasteiger partial charge in [-0.15, -0.1) is 0 Å². The number of halogens is 2. The van der Waals surface area contributed by atoms with Crippen LogP contribution in [0.2, 0.25) is 0 Å². The number of fused-ring (bicyclic) bond motifs is 2. The van der Waals surface area contributed by atoms with Gasteiger partial charge < -0.3 is 30.5 Å². The molecule has 1 aliphatic carbocycles. The number of rotatable bonds is 4. The summed E-state index contributed by atoms with van der Waals surface area (Å²) in [5.41, 5.74) is 8.45. The van der Waals surface area contributed by atoms with Crippen molar-refractivity contribution in [3.63, 3.8) is 0 Å². The molecule has 4 heterocycles. The van der Waals surface area contributed by atoms with Crippen molar-refractivity contribution in [3.8, 4) is 0 Å². The highest BCUT2D eigenvalue weighted by atomic mass is 79.9. The largest absolute Gasteiger partial charge is 0.444 e. The summed E-state index contributed by atoms with van der Waals surface area (Å²) in [6, 6.07) is 2.37. The lowest BCUT2D eigenvalue weighted by atomic mass is 9.79. The molecular weight excluding hydrogens is 515 g/mol. The average molecular weight is 549 g/mol. The van der Waals surface area contributed by atoms with Gasteiger partial charge in [0.25, 0.3) is 0 Å². The molecule has 3 atom stereocenters. The topological polar surface area (TPSA) is 87.0 Å². The minimum absolute atomic E-state index is 0.0180. The number of amides is 1. The number of likely N-dealkylation sites (N-methyl/N-ethyl adjacent to an activating group) is 1. The Bertz CT molecular complexity index is 1190. The molecule has 1 amide bonds. The highest BCUT2D eigenvalue weighted by Crippen LogP contribution is 2.47. The van der Waals surface area contributed by atoms with Gasteiger partial charge in [0.15, 0.2) is 11.6 Å². The first-order chi connectivity index (χ1) is 16.4. The van der Waals surface area contributed by atoms with Crippen molar-refractivity contribution in [1.82, 2.24) is 14.8 Å². The molecular formula is C25H34BrFN6O2. The minimum atomic E-state index is -0.544. The molecule has 2 aromatic rings. The Morgan fingerprint density at radius 3 is 2.63 bits per heavy atom. The normalized spacial score (nSPS) is 24.1. The molecule has 2 bridgehead atoms. The Morgan fingerprint density at radius 2 is 2.00 bits per heavy atom. The summed E-state index contributed by atoms with van der Waals surface area (Å²) < 4.78 is 21.4. The van der Waals surface area contributed by atoms with Crippen molar-refractivity contribution >= 4 is 50.1 Å². The minimum Gasteiger partial charge on any atom is -0.444 e. The van der Waals surface area contributed by atoms with Gasteiger partial charge in [-0.1, -0.05) is 0 Å². The Balaban J connectivity index is 1.49. The molecule has 8 nitrogen and oxygen atoms in total.